The molecule has 6 heteroatoms. The number of hydrogen-bond donors (Lipinski definition) is 1. The minimum Gasteiger partial charge on any atom is -0.481 e. The number of nitrogens with zero attached hydrogens (tertiary/aromatic N) is 1. The smallest absolute Gasteiger partial charge is 0.308 e. The van der Waals surface area contributed by atoms with Crippen molar-refractivity contribution in [3.8, 4) is 0 Å². The second kappa shape index (κ2) is 5.61. The summed E-state index contributed by atoms with van der Waals surface area (Å²) >= 11 is 4.78. The van der Waals surface area contributed by atoms with Gasteiger partial charge in [-0.1, -0.05) is 18.2 Å². The predicted molar refractivity (Wildman–Crippen MR) is 85.0 cm³/mol. The average Bonchev–Trinajstić information content (AvgIpc) is 2.92. The fourth-order valence-corrected chi connectivity index (χ4v) is 3.66. The Morgan fingerprint density at radius 3 is 2.76 bits per heavy atom. The Hall–Kier alpha value is -1.66. The topological polar surface area (TPSA) is 57.6 Å². The normalized spacial score (nSPS) is 17.4. The number of aliphatic carboxylic acids is 1. The standard InChI is InChI=1S/C15H12BrNO3S/c16-13-6-11(8-21-13)14(18)17-7-10(15(19)20)5-9-3-1-2-4-12(9)17/h1-4,6,8,10H,5,7H2,(H,19,20). The molecule has 0 radical (unpaired) electrons. The molecule has 4 nitrogen and oxygen atoms in total. The fourth-order valence-electron chi connectivity index (χ4n) is 2.53. The Balaban J connectivity index is 2.00. The molecule has 0 saturated heterocycles. The van der Waals surface area contributed by atoms with Gasteiger partial charge in [0.1, 0.15) is 0 Å². The van der Waals surface area contributed by atoms with E-state index in [1.54, 1.807) is 16.3 Å². The van der Waals surface area contributed by atoms with E-state index < -0.39 is 11.9 Å². The van der Waals surface area contributed by atoms with Crippen LogP contribution in [-0.4, -0.2) is 23.5 Å². The highest BCUT2D eigenvalue weighted by Crippen LogP contribution is 2.32. The largest absolute Gasteiger partial charge is 0.481 e. The number of carboxylic acids is 1. The van der Waals surface area contributed by atoms with Crippen molar-refractivity contribution in [2.75, 3.05) is 11.4 Å². The molecule has 0 spiro atoms. The lowest BCUT2D eigenvalue weighted by atomic mass is 9.92. The molecule has 2 heterocycles. The van der Waals surface area contributed by atoms with Gasteiger partial charge in [-0.3, -0.25) is 9.59 Å². The van der Waals surface area contributed by atoms with E-state index in [9.17, 15) is 14.7 Å². The van der Waals surface area contributed by atoms with E-state index >= 15 is 0 Å². The average molecular weight is 366 g/mol. The number of para-hydroxylation sites is 1. The molecule has 1 amide bonds. The van der Waals surface area contributed by atoms with Crippen molar-refractivity contribution in [1.29, 1.82) is 0 Å². The van der Waals surface area contributed by atoms with Crippen molar-refractivity contribution in [2.45, 2.75) is 6.42 Å². The molecule has 1 aromatic carbocycles. The fraction of sp³-hybridized carbons (Fsp3) is 0.200. The molecule has 108 valence electrons. The number of amides is 1. The van der Waals surface area contributed by atoms with Crippen LogP contribution in [0.2, 0.25) is 0 Å². The summed E-state index contributed by atoms with van der Waals surface area (Å²) in [6.07, 6.45) is 0.461. The van der Waals surface area contributed by atoms with Crippen LogP contribution in [0, 0.1) is 5.92 Å². The number of fused-ring (bicyclic) bond motifs is 1. The molecule has 0 fully saturated rings. The van der Waals surface area contributed by atoms with E-state index in [0.717, 1.165) is 15.0 Å². The highest BCUT2D eigenvalue weighted by molar-refractivity contribution is 9.11. The first-order chi connectivity index (χ1) is 10.1. The van der Waals surface area contributed by atoms with Gasteiger partial charge in [-0.2, -0.15) is 0 Å². The van der Waals surface area contributed by atoms with Crippen LogP contribution >= 0.6 is 27.3 Å². The monoisotopic (exact) mass is 365 g/mol. The van der Waals surface area contributed by atoms with Crippen molar-refractivity contribution in [3.63, 3.8) is 0 Å². The summed E-state index contributed by atoms with van der Waals surface area (Å²) in [6, 6.07) is 9.25. The summed E-state index contributed by atoms with van der Waals surface area (Å²) in [5, 5.41) is 11.1. The van der Waals surface area contributed by atoms with Crippen molar-refractivity contribution in [2.24, 2.45) is 5.92 Å². The third kappa shape index (κ3) is 2.73. The second-order valence-electron chi connectivity index (χ2n) is 4.92. The van der Waals surface area contributed by atoms with Gasteiger partial charge < -0.3 is 10.0 Å². The quantitative estimate of drug-likeness (QED) is 0.886. The van der Waals surface area contributed by atoms with Gasteiger partial charge in [0.05, 0.1) is 15.3 Å². The maximum absolute atomic E-state index is 12.7. The first-order valence-electron chi connectivity index (χ1n) is 6.43. The maximum Gasteiger partial charge on any atom is 0.308 e. The zero-order valence-electron chi connectivity index (χ0n) is 11.0. The van der Waals surface area contributed by atoms with Gasteiger partial charge in [-0.15, -0.1) is 11.3 Å². The van der Waals surface area contributed by atoms with Crippen molar-refractivity contribution in [3.05, 3.63) is 50.6 Å². The minimum absolute atomic E-state index is 0.157. The van der Waals surface area contributed by atoms with E-state index in [1.807, 2.05) is 24.3 Å². The van der Waals surface area contributed by atoms with Crippen LogP contribution in [0.15, 0.2) is 39.5 Å². The molecule has 1 aliphatic rings. The minimum atomic E-state index is -0.867. The summed E-state index contributed by atoms with van der Waals surface area (Å²) in [5.74, 6) is -1.59. The van der Waals surface area contributed by atoms with Crippen LogP contribution in [0.4, 0.5) is 5.69 Å². The molecule has 3 rings (SSSR count). The summed E-state index contributed by atoms with van der Waals surface area (Å²) in [5.41, 5.74) is 2.29. The second-order valence-corrected chi connectivity index (χ2v) is 7.21. The predicted octanol–water partition coefficient (Wildman–Crippen LogP) is 3.41. The highest BCUT2D eigenvalue weighted by atomic mass is 79.9. The first-order valence-corrected chi connectivity index (χ1v) is 8.10. The number of anilines is 1. The van der Waals surface area contributed by atoms with Crippen LogP contribution in [0.5, 0.6) is 0 Å². The van der Waals surface area contributed by atoms with Gasteiger partial charge in [0, 0.05) is 17.6 Å². The molecule has 0 saturated carbocycles. The molecule has 0 aliphatic carbocycles. The molecular formula is C15H12BrNO3S. The van der Waals surface area contributed by atoms with Crippen LogP contribution in [-0.2, 0) is 11.2 Å². The van der Waals surface area contributed by atoms with Gasteiger partial charge in [0.15, 0.2) is 0 Å². The van der Waals surface area contributed by atoms with Crippen molar-refractivity contribution >= 4 is 44.8 Å². The van der Waals surface area contributed by atoms with Crippen LogP contribution in [0.1, 0.15) is 15.9 Å². The molecule has 1 aliphatic heterocycles. The van der Waals surface area contributed by atoms with E-state index in [1.165, 1.54) is 11.3 Å². The Kier molecular flexibility index (Phi) is 3.82. The highest BCUT2D eigenvalue weighted by Gasteiger charge is 2.32. The Morgan fingerprint density at radius 2 is 2.10 bits per heavy atom. The number of benzene rings is 1. The molecule has 1 N–H and O–H groups in total. The number of carbonyl (C=O) groups excluding carboxylic acids is 1. The third-order valence-corrected chi connectivity index (χ3v) is 5.06. The summed E-state index contributed by atoms with van der Waals surface area (Å²) in [6.45, 7) is 0.207. The zero-order valence-corrected chi connectivity index (χ0v) is 13.4. The molecule has 0 bridgehead atoms. The van der Waals surface area contributed by atoms with Gasteiger partial charge >= 0.3 is 5.97 Å². The van der Waals surface area contributed by atoms with Crippen LogP contribution in [0.3, 0.4) is 0 Å². The molecular weight excluding hydrogens is 354 g/mol. The van der Waals surface area contributed by atoms with E-state index in [-0.39, 0.29) is 12.5 Å². The van der Waals surface area contributed by atoms with Gasteiger partial charge in [-0.05, 0) is 40.0 Å². The first kappa shape index (κ1) is 14.3. The Morgan fingerprint density at radius 1 is 1.33 bits per heavy atom. The number of thiophene rings is 1. The van der Waals surface area contributed by atoms with E-state index in [2.05, 4.69) is 15.9 Å². The van der Waals surface area contributed by atoms with Gasteiger partial charge in [0.2, 0.25) is 0 Å². The number of rotatable bonds is 2. The van der Waals surface area contributed by atoms with Crippen molar-refractivity contribution in [1.82, 2.24) is 0 Å². The summed E-state index contributed by atoms with van der Waals surface area (Å²) in [4.78, 5) is 25.6. The number of halogens is 1. The lowest BCUT2D eigenvalue weighted by molar-refractivity contribution is -0.141. The summed E-state index contributed by atoms with van der Waals surface area (Å²) < 4.78 is 0.880. The lowest BCUT2D eigenvalue weighted by Crippen LogP contribution is -2.42. The molecule has 1 atom stereocenters. The van der Waals surface area contributed by atoms with Crippen molar-refractivity contribution < 1.29 is 14.7 Å². The molecule has 2 aromatic rings. The van der Waals surface area contributed by atoms with E-state index in [0.29, 0.717) is 12.0 Å². The van der Waals surface area contributed by atoms with E-state index in [4.69, 9.17) is 0 Å². The zero-order chi connectivity index (χ0) is 15.0. The van der Waals surface area contributed by atoms with Crippen LogP contribution in [0.25, 0.3) is 0 Å². The lowest BCUT2D eigenvalue weighted by Gasteiger charge is -2.32. The van der Waals surface area contributed by atoms with Crippen LogP contribution < -0.4 is 4.90 Å². The Labute approximate surface area is 134 Å². The SMILES string of the molecule is O=C(O)C1Cc2ccccc2N(C(=O)c2csc(Br)c2)C1. The molecule has 21 heavy (non-hydrogen) atoms. The number of hydrogen-bond acceptors (Lipinski definition) is 3. The third-order valence-electron chi connectivity index (χ3n) is 3.56. The summed E-state index contributed by atoms with van der Waals surface area (Å²) in [7, 11) is 0. The molecule has 1 unspecified atom stereocenters. The van der Waals surface area contributed by atoms with Gasteiger partial charge in [-0.25, -0.2) is 0 Å². The number of carboxylic acid groups (broad SMARTS) is 1. The van der Waals surface area contributed by atoms with Gasteiger partial charge in [0.25, 0.3) is 5.91 Å². The number of carbonyl (C=O) groups is 2. The Bertz CT molecular complexity index is 712. The molecule has 1 aromatic heterocycles. The maximum atomic E-state index is 12.7.